The number of esters is 2. The minimum atomic E-state index is -1.58. The van der Waals surface area contributed by atoms with Gasteiger partial charge in [0, 0.05) is 24.5 Å². The van der Waals surface area contributed by atoms with Crippen LogP contribution in [0.1, 0.15) is 107 Å². The van der Waals surface area contributed by atoms with Gasteiger partial charge < -0.3 is 35.5 Å². The lowest BCUT2D eigenvalue weighted by molar-refractivity contribution is -0.158. The maximum Gasteiger partial charge on any atom is 0.407 e. The van der Waals surface area contributed by atoms with E-state index in [1.807, 2.05) is 146 Å². The number of Topliss-reactive ketones (excluding diaryl/α,β-unsaturated/α-hetero) is 1. The highest BCUT2D eigenvalue weighted by Gasteiger charge is 2.40. The van der Waals surface area contributed by atoms with E-state index in [2.05, 4.69) is 21.3 Å². The van der Waals surface area contributed by atoms with Crippen LogP contribution in [0, 0.1) is 0 Å². The lowest BCUT2D eigenvalue weighted by Crippen LogP contribution is -2.57. The molecule has 412 valence electrons. The van der Waals surface area contributed by atoms with Crippen LogP contribution in [0.4, 0.5) is 4.79 Å². The molecule has 0 unspecified atom stereocenters. The highest BCUT2D eigenvalue weighted by atomic mass is 32.2. The molecule has 0 bridgehead atoms. The summed E-state index contributed by atoms with van der Waals surface area (Å²) in [5, 5.41) is 10.9. The molecule has 4 N–H and O–H groups in total. The van der Waals surface area contributed by atoms with Crippen LogP contribution in [0.5, 0.6) is 0 Å². The Kier molecular flexibility index (Phi) is 19.7. The van der Waals surface area contributed by atoms with Crippen LogP contribution in [-0.2, 0) is 54.1 Å². The maximum atomic E-state index is 14.7. The molecular weight excluding hydrogens is 1020 g/mol. The Hall–Kier alpha value is -8.04. The third kappa shape index (κ3) is 16.0. The third-order valence-corrected chi connectivity index (χ3v) is 14.8. The molecule has 6 aromatic carbocycles. The van der Waals surface area contributed by atoms with Crippen LogP contribution in [-0.4, -0.2) is 89.3 Å². The van der Waals surface area contributed by atoms with Gasteiger partial charge in [-0.1, -0.05) is 170 Å². The number of nitrogens with one attached hydrogen (secondary N) is 4. The van der Waals surface area contributed by atoms with Crippen molar-refractivity contribution in [2.24, 2.45) is 0 Å². The lowest BCUT2D eigenvalue weighted by Gasteiger charge is -2.36. The second-order valence-corrected chi connectivity index (χ2v) is 22.8. The Morgan fingerprint density at radius 3 is 1.47 bits per heavy atom. The molecule has 4 amide bonds. The van der Waals surface area contributed by atoms with Crippen molar-refractivity contribution < 1.29 is 47.8 Å². The normalized spacial score (nSPS) is 13.7. The van der Waals surface area contributed by atoms with Gasteiger partial charge in [0.1, 0.15) is 35.9 Å². The largest absolute Gasteiger partial charge is 0.460 e. The second-order valence-electron chi connectivity index (χ2n) is 21.5. The van der Waals surface area contributed by atoms with Crippen molar-refractivity contribution in [3.63, 3.8) is 0 Å². The molecule has 0 saturated heterocycles. The molecule has 0 spiro atoms. The summed E-state index contributed by atoms with van der Waals surface area (Å²) >= 11 is 1.50. The lowest BCUT2D eigenvalue weighted by atomic mass is 9.84. The van der Waals surface area contributed by atoms with E-state index in [1.54, 1.807) is 65.8 Å². The first-order chi connectivity index (χ1) is 37.7. The van der Waals surface area contributed by atoms with Crippen molar-refractivity contribution in [1.82, 2.24) is 21.3 Å². The number of benzene rings is 6. The number of ketones is 1. The second kappa shape index (κ2) is 26.5. The molecule has 0 fully saturated rings. The molecule has 0 aliphatic heterocycles. The van der Waals surface area contributed by atoms with Crippen molar-refractivity contribution in [3.8, 4) is 11.1 Å². The summed E-state index contributed by atoms with van der Waals surface area (Å²) in [4.78, 5) is 97.5. The summed E-state index contributed by atoms with van der Waals surface area (Å²) in [6, 6.07) is 49.2. The summed E-state index contributed by atoms with van der Waals surface area (Å²) in [5.41, 5.74) is 5.73. The van der Waals surface area contributed by atoms with E-state index in [0.717, 1.165) is 38.9 Å². The fourth-order valence-corrected chi connectivity index (χ4v) is 11.2. The zero-order chi connectivity index (χ0) is 56.7. The maximum absolute atomic E-state index is 14.7. The quantitative estimate of drug-likeness (QED) is 0.0271. The smallest absolute Gasteiger partial charge is 0.407 e. The van der Waals surface area contributed by atoms with E-state index in [9.17, 15) is 33.6 Å². The number of hydrogen-bond donors (Lipinski definition) is 4. The van der Waals surface area contributed by atoms with E-state index in [0.29, 0.717) is 5.56 Å². The van der Waals surface area contributed by atoms with Crippen LogP contribution in [0.3, 0.4) is 0 Å². The number of carbonyl (C=O) groups is 7. The molecule has 14 nitrogen and oxygen atoms in total. The topological polar surface area (TPSA) is 195 Å². The fourth-order valence-electron chi connectivity index (χ4n) is 9.55. The molecule has 7 rings (SSSR count). The average Bonchev–Trinajstić information content (AvgIpc) is 4.04. The van der Waals surface area contributed by atoms with Crippen LogP contribution in [0.15, 0.2) is 170 Å². The monoisotopic (exact) mass is 1090 g/mol. The standard InChI is InChI=1S/C64H70N4O10S/c1-42(69)55(41-79-64(44-26-14-9-15-27-44,45-28-16-10-17-29-45)46-30-18-11-19-31-46)67-58(72)53(38-43-24-12-8-13-25-43)66-59(73)54(39-57(71)77-62(2,3)4)65-56(70)37-36-52(60(74)78-63(5,6)7)68-61(75)76-40-51-49-34-22-20-32-47(49)48-33-21-23-35-50(48)51/h8-35,51-55H,36-41H2,1-7H3,(H,65,70)(H,66,73)(H,67,72)(H,68,75)/t52-,53+,54+,55+/m1/s1. The van der Waals surface area contributed by atoms with Crippen molar-refractivity contribution in [3.05, 3.63) is 203 Å². The van der Waals surface area contributed by atoms with Crippen LogP contribution >= 0.6 is 11.8 Å². The molecule has 4 atom stereocenters. The molecule has 0 radical (unpaired) electrons. The number of fused-ring (bicyclic) bond motifs is 3. The Bertz CT molecular complexity index is 2930. The Balaban J connectivity index is 1.08. The SMILES string of the molecule is CC(=O)[C@H](CSC(c1ccccc1)(c1ccccc1)c1ccccc1)NC(=O)[C@H](Cc1ccccc1)NC(=O)[C@H](CC(=O)OC(C)(C)C)NC(=O)CC[C@@H](NC(=O)OCC1c2ccccc2-c2ccccc21)C(=O)OC(C)(C)C. The summed E-state index contributed by atoms with van der Waals surface area (Å²) in [7, 11) is 0. The molecular formula is C64H70N4O10S. The van der Waals surface area contributed by atoms with Crippen LogP contribution in [0.2, 0.25) is 0 Å². The number of thioether (sulfide) groups is 1. The van der Waals surface area contributed by atoms with E-state index in [4.69, 9.17) is 14.2 Å². The van der Waals surface area contributed by atoms with Gasteiger partial charge >= 0.3 is 18.0 Å². The minimum absolute atomic E-state index is 0.0234. The average molecular weight is 1090 g/mol. The fraction of sp³-hybridized carbons (Fsp3) is 0.328. The molecule has 1 aliphatic carbocycles. The molecule has 0 saturated carbocycles. The van der Waals surface area contributed by atoms with Crippen molar-refractivity contribution in [2.45, 2.75) is 120 Å². The highest BCUT2D eigenvalue weighted by molar-refractivity contribution is 8.00. The van der Waals surface area contributed by atoms with Crippen LogP contribution in [0.25, 0.3) is 11.1 Å². The van der Waals surface area contributed by atoms with Gasteiger partial charge in [0.25, 0.3) is 0 Å². The number of alkyl carbamates (subject to hydrolysis) is 1. The first-order valence-electron chi connectivity index (χ1n) is 26.5. The molecule has 1 aliphatic rings. The number of rotatable bonds is 23. The Morgan fingerprint density at radius 1 is 0.519 bits per heavy atom. The number of hydrogen-bond acceptors (Lipinski definition) is 11. The summed E-state index contributed by atoms with van der Waals surface area (Å²) in [5.74, 6) is -4.40. The predicted octanol–water partition coefficient (Wildman–Crippen LogP) is 9.76. The predicted molar refractivity (Wildman–Crippen MR) is 306 cm³/mol. The summed E-state index contributed by atoms with van der Waals surface area (Å²) in [6.45, 7) is 11.4. The van der Waals surface area contributed by atoms with Crippen molar-refractivity contribution >= 4 is 53.3 Å². The summed E-state index contributed by atoms with van der Waals surface area (Å²) in [6.07, 6.45) is -2.26. The molecule has 0 aromatic heterocycles. The zero-order valence-corrected chi connectivity index (χ0v) is 46.6. The van der Waals surface area contributed by atoms with Crippen LogP contribution < -0.4 is 21.3 Å². The van der Waals surface area contributed by atoms with Gasteiger partial charge in [-0.15, -0.1) is 11.8 Å². The van der Waals surface area contributed by atoms with E-state index < -0.39 is 88.7 Å². The van der Waals surface area contributed by atoms with Gasteiger partial charge in [0.2, 0.25) is 17.7 Å². The van der Waals surface area contributed by atoms with Crippen molar-refractivity contribution in [1.29, 1.82) is 0 Å². The highest BCUT2D eigenvalue weighted by Crippen LogP contribution is 2.49. The van der Waals surface area contributed by atoms with E-state index in [1.165, 1.54) is 18.7 Å². The molecule has 0 heterocycles. The first-order valence-corrected chi connectivity index (χ1v) is 27.5. The number of carbonyl (C=O) groups excluding carboxylic acids is 7. The third-order valence-electron chi connectivity index (χ3n) is 13.2. The minimum Gasteiger partial charge on any atom is -0.460 e. The Morgan fingerprint density at radius 2 is 0.975 bits per heavy atom. The van der Waals surface area contributed by atoms with Gasteiger partial charge in [0.05, 0.1) is 17.2 Å². The van der Waals surface area contributed by atoms with Crippen molar-refractivity contribution in [2.75, 3.05) is 12.4 Å². The van der Waals surface area contributed by atoms with Gasteiger partial charge in [-0.2, -0.15) is 0 Å². The van der Waals surface area contributed by atoms with Gasteiger partial charge in [-0.05, 0) is 99.4 Å². The number of amides is 4. The molecule has 15 heteroatoms. The molecule has 6 aromatic rings. The number of ether oxygens (including phenoxy) is 3. The zero-order valence-electron chi connectivity index (χ0n) is 45.8. The molecule has 79 heavy (non-hydrogen) atoms. The van der Waals surface area contributed by atoms with Gasteiger partial charge in [-0.3, -0.25) is 24.0 Å². The first kappa shape index (κ1) is 58.6. The summed E-state index contributed by atoms with van der Waals surface area (Å²) < 4.78 is 16.2. The Labute approximate surface area is 467 Å². The van der Waals surface area contributed by atoms with E-state index in [-0.39, 0.29) is 36.9 Å². The van der Waals surface area contributed by atoms with E-state index >= 15 is 0 Å². The van der Waals surface area contributed by atoms with Gasteiger partial charge in [-0.25, -0.2) is 9.59 Å². The van der Waals surface area contributed by atoms with Gasteiger partial charge in [0.15, 0.2) is 5.78 Å².